The minimum absolute atomic E-state index is 0.360. The van der Waals surface area contributed by atoms with Crippen LogP contribution in [-0.2, 0) is 10.3 Å². The van der Waals surface area contributed by atoms with Gasteiger partial charge in [0, 0.05) is 22.1 Å². The maximum Gasteiger partial charge on any atom is 0.338 e. The Morgan fingerprint density at radius 1 is 0.788 bits per heavy atom. The lowest BCUT2D eigenvalue weighted by molar-refractivity contribution is 0.0598. The minimum Gasteiger partial charge on any atom is -0.472 e. The molecule has 0 saturated heterocycles. The average Bonchev–Trinajstić information content (AvgIpc) is 2.85. The maximum absolute atomic E-state index is 12.8. The number of esters is 1. The van der Waals surface area contributed by atoms with Crippen molar-refractivity contribution in [3.63, 3.8) is 0 Å². The number of methoxy groups -OCH3 is 1. The lowest BCUT2D eigenvalue weighted by Gasteiger charge is -2.37. The number of hydrogen-bond donors (Lipinski definition) is 0. The van der Waals surface area contributed by atoms with E-state index in [9.17, 15) is 4.79 Å². The van der Waals surface area contributed by atoms with E-state index in [2.05, 4.69) is 74.5 Å². The molecule has 1 aliphatic rings. The zero-order chi connectivity index (χ0) is 23.2. The molecule has 0 bridgehead atoms. The molecule has 33 heavy (non-hydrogen) atoms. The SMILES string of the molecule is COC(=O)c1c2c(c3ccccc3c1C)OC(c1ccc(C)cc1)(c1ccc(C)cc1)C=C2. The maximum atomic E-state index is 12.8. The highest BCUT2D eigenvalue weighted by Gasteiger charge is 2.39. The van der Waals surface area contributed by atoms with Crippen molar-refractivity contribution in [2.75, 3.05) is 7.11 Å². The zero-order valence-corrected chi connectivity index (χ0v) is 19.3. The summed E-state index contributed by atoms with van der Waals surface area (Å²) in [4.78, 5) is 12.8. The molecule has 0 atom stereocenters. The van der Waals surface area contributed by atoms with Crippen molar-refractivity contribution < 1.29 is 14.3 Å². The molecular formula is C30H26O3. The van der Waals surface area contributed by atoms with Gasteiger partial charge in [-0.2, -0.15) is 0 Å². The van der Waals surface area contributed by atoms with E-state index in [-0.39, 0.29) is 5.97 Å². The Bertz CT molecular complexity index is 1350. The van der Waals surface area contributed by atoms with Crippen molar-refractivity contribution in [1.29, 1.82) is 0 Å². The lowest BCUT2D eigenvalue weighted by Crippen LogP contribution is -2.35. The molecule has 0 N–H and O–H groups in total. The van der Waals surface area contributed by atoms with Gasteiger partial charge < -0.3 is 9.47 Å². The monoisotopic (exact) mass is 434 g/mol. The molecular weight excluding hydrogens is 408 g/mol. The second kappa shape index (κ2) is 7.93. The Labute approximate surface area is 194 Å². The Morgan fingerprint density at radius 2 is 1.33 bits per heavy atom. The fourth-order valence-corrected chi connectivity index (χ4v) is 4.71. The molecule has 3 heteroatoms. The van der Waals surface area contributed by atoms with E-state index in [1.54, 1.807) is 0 Å². The number of hydrogen-bond acceptors (Lipinski definition) is 3. The first kappa shape index (κ1) is 21.0. The Morgan fingerprint density at radius 3 is 1.88 bits per heavy atom. The quantitative estimate of drug-likeness (QED) is 0.329. The predicted molar refractivity (Wildman–Crippen MR) is 133 cm³/mol. The Balaban J connectivity index is 1.83. The van der Waals surface area contributed by atoms with Crippen LogP contribution in [0.4, 0.5) is 0 Å². The minimum atomic E-state index is -0.820. The molecule has 164 valence electrons. The summed E-state index contributed by atoms with van der Waals surface area (Å²) in [5.74, 6) is 0.334. The van der Waals surface area contributed by atoms with Crippen LogP contribution in [0.5, 0.6) is 5.75 Å². The first-order valence-corrected chi connectivity index (χ1v) is 11.1. The average molecular weight is 435 g/mol. The third-order valence-corrected chi connectivity index (χ3v) is 6.56. The van der Waals surface area contributed by atoms with Crippen LogP contribution in [0.25, 0.3) is 16.8 Å². The van der Waals surface area contributed by atoms with Crippen molar-refractivity contribution in [2.24, 2.45) is 0 Å². The number of carbonyl (C=O) groups excluding carboxylic acids is 1. The molecule has 5 rings (SSSR count). The molecule has 0 spiro atoms. The Hall–Kier alpha value is -3.85. The summed E-state index contributed by atoms with van der Waals surface area (Å²) in [7, 11) is 1.42. The normalized spacial score (nSPS) is 13.9. The summed E-state index contributed by atoms with van der Waals surface area (Å²) in [5.41, 5.74) is 5.81. The second-order valence-electron chi connectivity index (χ2n) is 8.68. The third-order valence-electron chi connectivity index (χ3n) is 6.56. The molecule has 0 aliphatic carbocycles. The first-order chi connectivity index (χ1) is 15.9. The molecule has 1 aliphatic heterocycles. The number of carbonyl (C=O) groups is 1. The van der Waals surface area contributed by atoms with Gasteiger partial charge in [-0.05, 0) is 43.9 Å². The standard InChI is InChI=1S/C30H26O3/c1-19-9-13-22(14-10-19)30(23-15-11-20(2)12-16-23)18-17-26-27(29(31)32-4)21(3)24-7-5-6-8-25(24)28(26)33-30/h5-18H,1-4H3. The summed E-state index contributed by atoms with van der Waals surface area (Å²) >= 11 is 0. The van der Waals surface area contributed by atoms with Crippen molar-refractivity contribution in [3.05, 3.63) is 118 Å². The van der Waals surface area contributed by atoms with Crippen molar-refractivity contribution in [3.8, 4) is 5.75 Å². The van der Waals surface area contributed by atoms with Crippen LogP contribution < -0.4 is 4.74 Å². The van der Waals surface area contributed by atoms with Gasteiger partial charge in [-0.15, -0.1) is 0 Å². The van der Waals surface area contributed by atoms with E-state index in [1.165, 1.54) is 18.2 Å². The molecule has 0 fully saturated rings. The van der Waals surface area contributed by atoms with Crippen molar-refractivity contribution >= 4 is 22.8 Å². The van der Waals surface area contributed by atoms with Gasteiger partial charge >= 0.3 is 5.97 Å². The number of aryl methyl sites for hydroxylation is 3. The van der Waals surface area contributed by atoms with E-state index in [0.29, 0.717) is 11.3 Å². The van der Waals surface area contributed by atoms with Crippen LogP contribution in [0.15, 0.2) is 78.9 Å². The van der Waals surface area contributed by atoms with Gasteiger partial charge in [0.1, 0.15) is 5.75 Å². The van der Waals surface area contributed by atoms with E-state index < -0.39 is 5.60 Å². The smallest absolute Gasteiger partial charge is 0.338 e. The third kappa shape index (κ3) is 3.32. The van der Waals surface area contributed by atoms with E-state index in [4.69, 9.17) is 9.47 Å². The molecule has 1 heterocycles. The molecule has 4 aromatic rings. The summed E-state index contributed by atoms with van der Waals surface area (Å²) in [5, 5.41) is 1.96. The topological polar surface area (TPSA) is 35.5 Å². The highest BCUT2D eigenvalue weighted by molar-refractivity contribution is 6.06. The van der Waals surface area contributed by atoms with E-state index >= 15 is 0 Å². The second-order valence-corrected chi connectivity index (χ2v) is 8.68. The summed E-state index contributed by atoms with van der Waals surface area (Å²) in [6, 6.07) is 24.9. The molecule has 0 aromatic heterocycles. The van der Waals surface area contributed by atoms with Crippen molar-refractivity contribution in [1.82, 2.24) is 0 Å². The van der Waals surface area contributed by atoms with Crippen LogP contribution in [-0.4, -0.2) is 13.1 Å². The van der Waals surface area contributed by atoms with Crippen LogP contribution in [0.1, 0.15) is 43.7 Å². The highest BCUT2D eigenvalue weighted by atomic mass is 16.5. The molecule has 0 radical (unpaired) electrons. The fourth-order valence-electron chi connectivity index (χ4n) is 4.71. The van der Waals surface area contributed by atoms with Crippen LogP contribution in [0.2, 0.25) is 0 Å². The lowest BCUT2D eigenvalue weighted by atomic mass is 9.81. The van der Waals surface area contributed by atoms with E-state index in [0.717, 1.165) is 33.0 Å². The molecule has 4 aromatic carbocycles. The van der Waals surface area contributed by atoms with Gasteiger partial charge in [0.05, 0.1) is 12.7 Å². The van der Waals surface area contributed by atoms with E-state index in [1.807, 2.05) is 31.2 Å². The van der Waals surface area contributed by atoms with Gasteiger partial charge in [-0.25, -0.2) is 4.79 Å². The first-order valence-electron chi connectivity index (χ1n) is 11.1. The molecule has 3 nitrogen and oxygen atoms in total. The summed E-state index contributed by atoms with van der Waals surface area (Å²) in [6.45, 7) is 6.12. The van der Waals surface area contributed by atoms with Crippen molar-refractivity contribution in [2.45, 2.75) is 26.4 Å². The molecule has 0 saturated carbocycles. The van der Waals surface area contributed by atoms with Gasteiger partial charge in [0.25, 0.3) is 0 Å². The van der Waals surface area contributed by atoms with Gasteiger partial charge in [-0.1, -0.05) is 83.9 Å². The largest absolute Gasteiger partial charge is 0.472 e. The molecule has 0 unspecified atom stereocenters. The van der Waals surface area contributed by atoms with Crippen LogP contribution in [0.3, 0.4) is 0 Å². The number of ether oxygens (including phenoxy) is 2. The summed E-state index contributed by atoms with van der Waals surface area (Å²) < 4.78 is 12.1. The van der Waals surface area contributed by atoms with Gasteiger partial charge in [0.15, 0.2) is 5.60 Å². The van der Waals surface area contributed by atoms with Crippen LogP contribution in [0, 0.1) is 20.8 Å². The van der Waals surface area contributed by atoms with Gasteiger partial charge in [-0.3, -0.25) is 0 Å². The number of rotatable bonds is 3. The summed E-state index contributed by atoms with van der Waals surface area (Å²) in [6.07, 6.45) is 4.08. The molecule has 0 amide bonds. The van der Waals surface area contributed by atoms with Gasteiger partial charge in [0.2, 0.25) is 0 Å². The zero-order valence-electron chi connectivity index (χ0n) is 19.3. The number of fused-ring (bicyclic) bond motifs is 3. The highest BCUT2D eigenvalue weighted by Crippen LogP contribution is 2.47. The number of benzene rings is 4. The van der Waals surface area contributed by atoms with Crippen LogP contribution >= 0.6 is 0 Å². The Kier molecular flexibility index (Phi) is 5.05. The predicted octanol–water partition coefficient (Wildman–Crippen LogP) is 6.90. The fraction of sp³-hybridized carbons (Fsp3) is 0.167.